The Morgan fingerprint density at radius 2 is 0.789 bits per heavy atom. The molecule has 0 fully saturated rings. The fourth-order valence-electron chi connectivity index (χ4n) is 5.95. The van der Waals surface area contributed by atoms with E-state index in [2.05, 4.69) is 93.7 Å². The molecule has 0 amide bonds. The predicted octanol–water partition coefficient (Wildman–Crippen LogP) is 14.9. The maximum Gasteiger partial charge on any atom is 0.309 e. The van der Waals surface area contributed by atoms with Crippen molar-refractivity contribution >= 4 is 17.9 Å². The van der Waals surface area contributed by atoms with Gasteiger partial charge in [0.1, 0.15) is 13.2 Å². The first kappa shape index (κ1) is 53.6. The van der Waals surface area contributed by atoms with E-state index in [4.69, 9.17) is 14.2 Å². The average Bonchev–Trinajstić information content (AvgIpc) is 3.21. The van der Waals surface area contributed by atoms with Crippen LogP contribution in [0, 0.1) is 0 Å². The van der Waals surface area contributed by atoms with E-state index in [1.807, 2.05) is 6.08 Å². The summed E-state index contributed by atoms with van der Waals surface area (Å²) >= 11 is 0. The maximum atomic E-state index is 12.7. The van der Waals surface area contributed by atoms with Crippen molar-refractivity contribution in [2.75, 3.05) is 13.2 Å². The van der Waals surface area contributed by atoms with Crippen molar-refractivity contribution in [3.63, 3.8) is 0 Å². The lowest BCUT2D eigenvalue weighted by atomic mass is 10.1. The third-order valence-corrected chi connectivity index (χ3v) is 9.44. The first-order valence-electron chi connectivity index (χ1n) is 23.1. The minimum atomic E-state index is -0.821. The van der Waals surface area contributed by atoms with Gasteiger partial charge in [0.2, 0.25) is 0 Å². The van der Waals surface area contributed by atoms with Crippen LogP contribution in [0.2, 0.25) is 0 Å². The highest BCUT2D eigenvalue weighted by molar-refractivity contribution is 5.72. The zero-order valence-corrected chi connectivity index (χ0v) is 36.8. The number of esters is 3. The number of hydrogen-bond donors (Lipinski definition) is 0. The maximum absolute atomic E-state index is 12.7. The van der Waals surface area contributed by atoms with Gasteiger partial charge in [0.25, 0.3) is 0 Å². The van der Waals surface area contributed by atoms with E-state index in [0.717, 1.165) is 83.5 Å². The van der Waals surface area contributed by atoms with Crippen LogP contribution in [0.5, 0.6) is 0 Å². The molecule has 0 saturated heterocycles. The Kier molecular flexibility index (Phi) is 42.6. The number of carbonyl (C=O) groups is 3. The topological polar surface area (TPSA) is 78.9 Å². The van der Waals surface area contributed by atoms with Gasteiger partial charge in [-0.3, -0.25) is 14.4 Å². The molecule has 0 radical (unpaired) electrons. The summed E-state index contributed by atoms with van der Waals surface area (Å²) in [7, 11) is 0. The molecule has 0 spiro atoms. The number of allylic oxidation sites excluding steroid dienone is 13. The second kappa shape index (κ2) is 45.3. The summed E-state index contributed by atoms with van der Waals surface area (Å²) in [6.45, 7) is 6.32. The van der Waals surface area contributed by atoms with Crippen molar-refractivity contribution in [1.82, 2.24) is 0 Å². The summed E-state index contributed by atoms with van der Waals surface area (Å²) in [5, 5.41) is 0. The van der Waals surface area contributed by atoms with Crippen molar-refractivity contribution in [1.29, 1.82) is 0 Å². The number of hydrogen-bond acceptors (Lipinski definition) is 6. The fourth-order valence-corrected chi connectivity index (χ4v) is 5.95. The summed E-state index contributed by atoms with van der Waals surface area (Å²) in [6.07, 6.45) is 57.4. The SMILES string of the molecule is CC/C=C\C/C=C\C/C=C\CC(=O)OCC(COC(=O)CCCCCCCC/C=C\C=C/CCCCC)OC(=O)CCCCCCCC/C=C\C=C/CCCCC. The van der Waals surface area contributed by atoms with Gasteiger partial charge in [0.15, 0.2) is 6.10 Å². The molecule has 0 rings (SSSR count). The van der Waals surface area contributed by atoms with Crippen LogP contribution in [-0.4, -0.2) is 37.2 Å². The largest absolute Gasteiger partial charge is 0.462 e. The Hall–Kier alpha value is -3.41. The molecule has 0 aromatic heterocycles. The molecule has 0 N–H and O–H groups in total. The van der Waals surface area contributed by atoms with E-state index in [9.17, 15) is 14.4 Å². The normalized spacial score (nSPS) is 12.8. The molecule has 0 heterocycles. The zero-order chi connectivity index (χ0) is 41.5. The second-order valence-corrected chi connectivity index (χ2v) is 15.0. The van der Waals surface area contributed by atoms with E-state index in [-0.39, 0.29) is 31.6 Å². The minimum Gasteiger partial charge on any atom is -0.462 e. The van der Waals surface area contributed by atoms with Gasteiger partial charge in [-0.2, -0.15) is 0 Å². The van der Waals surface area contributed by atoms with Gasteiger partial charge in [0.05, 0.1) is 6.42 Å². The molecule has 6 nitrogen and oxygen atoms in total. The highest BCUT2D eigenvalue weighted by Gasteiger charge is 2.19. The van der Waals surface area contributed by atoms with E-state index in [1.165, 1.54) is 77.0 Å². The highest BCUT2D eigenvalue weighted by Crippen LogP contribution is 2.13. The van der Waals surface area contributed by atoms with Gasteiger partial charge in [-0.1, -0.05) is 183 Å². The van der Waals surface area contributed by atoms with Gasteiger partial charge in [-0.15, -0.1) is 0 Å². The van der Waals surface area contributed by atoms with Gasteiger partial charge in [-0.25, -0.2) is 0 Å². The van der Waals surface area contributed by atoms with Crippen molar-refractivity contribution in [3.05, 3.63) is 85.1 Å². The van der Waals surface area contributed by atoms with Crippen LogP contribution in [0.25, 0.3) is 0 Å². The summed E-state index contributed by atoms with van der Waals surface area (Å²) in [6, 6.07) is 0. The molecule has 0 saturated carbocycles. The smallest absolute Gasteiger partial charge is 0.309 e. The van der Waals surface area contributed by atoms with Crippen LogP contribution in [-0.2, 0) is 28.6 Å². The zero-order valence-electron chi connectivity index (χ0n) is 36.8. The monoisotopic (exact) mass is 793 g/mol. The fraction of sp³-hybridized carbons (Fsp3) is 0.667. The summed E-state index contributed by atoms with van der Waals surface area (Å²) in [4.78, 5) is 37.7. The quantitative estimate of drug-likeness (QED) is 0.0202. The highest BCUT2D eigenvalue weighted by atomic mass is 16.6. The van der Waals surface area contributed by atoms with Gasteiger partial charge >= 0.3 is 17.9 Å². The van der Waals surface area contributed by atoms with E-state index < -0.39 is 12.1 Å². The Morgan fingerprint density at radius 3 is 1.26 bits per heavy atom. The molecule has 6 heteroatoms. The molecular weight excluding hydrogens is 709 g/mol. The van der Waals surface area contributed by atoms with Gasteiger partial charge in [0, 0.05) is 12.8 Å². The van der Waals surface area contributed by atoms with Crippen molar-refractivity contribution in [3.8, 4) is 0 Å². The molecular formula is C51H84O6. The number of ether oxygens (including phenoxy) is 3. The van der Waals surface area contributed by atoms with E-state index in [1.54, 1.807) is 6.08 Å². The molecule has 0 bridgehead atoms. The van der Waals surface area contributed by atoms with E-state index >= 15 is 0 Å². The summed E-state index contributed by atoms with van der Waals surface area (Å²) in [5.74, 6) is -1.07. The third kappa shape index (κ3) is 43.6. The van der Waals surface area contributed by atoms with Crippen molar-refractivity contribution in [2.45, 2.75) is 207 Å². The summed E-state index contributed by atoms with van der Waals surface area (Å²) in [5.41, 5.74) is 0. The second-order valence-electron chi connectivity index (χ2n) is 15.0. The molecule has 0 aromatic carbocycles. The van der Waals surface area contributed by atoms with Crippen molar-refractivity contribution in [2.24, 2.45) is 0 Å². The Balaban J connectivity index is 4.47. The Bertz CT molecular complexity index is 1140. The lowest BCUT2D eigenvalue weighted by molar-refractivity contribution is -0.166. The van der Waals surface area contributed by atoms with E-state index in [0.29, 0.717) is 12.8 Å². The molecule has 0 aliphatic rings. The Morgan fingerprint density at radius 1 is 0.404 bits per heavy atom. The molecule has 57 heavy (non-hydrogen) atoms. The third-order valence-electron chi connectivity index (χ3n) is 9.44. The number of rotatable bonds is 40. The number of carbonyl (C=O) groups excluding carboxylic acids is 3. The van der Waals surface area contributed by atoms with Gasteiger partial charge in [-0.05, 0) is 83.5 Å². The molecule has 324 valence electrons. The molecule has 0 aliphatic carbocycles. The van der Waals surface area contributed by atoms with Crippen molar-refractivity contribution < 1.29 is 28.6 Å². The lowest BCUT2D eigenvalue weighted by Gasteiger charge is -2.18. The molecule has 1 atom stereocenters. The van der Waals surface area contributed by atoms with Crippen LogP contribution >= 0.6 is 0 Å². The first-order chi connectivity index (χ1) is 28.0. The lowest BCUT2D eigenvalue weighted by Crippen LogP contribution is -2.30. The van der Waals surface area contributed by atoms with Crippen LogP contribution < -0.4 is 0 Å². The van der Waals surface area contributed by atoms with Crippen LogP contribution in [0.1, 0.15) is 201 Å². The summed E-state index contributed by atoms with van der Waals surface area (Å²) < 4.78 is 16.6. The first-order valence-corrected chi connectivity index (χ1v) is 23.1. The van der Waals surface area contributed by atoms with Crippen LogP contribution in [0.4, 0.5) is 0 Å². The molecule has 0 aromatic rings. The van der Waals surface area contributed by atoms with Crippen LogP contribution in [0.3, 0.4) is 0 Å². The van der Waals surface area contributed by atoms with Crippen LogP contribution in [0.15, 0.2) is 85.1 Å². The predicted molar refractivity (Wildman–Crippen MR) is 242 cm³/mol. The molecule has 1 unspecified atom stereocenters. The van der Waals surface area contributed by atoms with Gasteiger partial charge < -0.3 is 14.2 Å². The Labute approximate surface area is 350 Å². The average molecular weight is 793 g/mol. The number of unbranched alkanes of at least 4 members (excludes halogenated alkanes) is 18. The molecule has 0 aliphatic heterocycles. The standard InChI is InChI=1S/C51H84O6/c1-4-7-10-13-16-19-21-23-25-27-29-32-35-38-41-44-50(53)56-47-48(46-55-49(52)43-40-37-34-31-18-15-12-9-6-3)57-51(54)45-42-39-36-33-30-28-26-24-22-20-17-14-11-8-5-2/h9,12,16-24,31,37,40,48H,4-8,10-11,13-15,25-30,32-36,38-39,41-47H2,1-3H3/b12-9-,19-16-,20-17-,23-21-,24-22-,31-18-,40-37-. The minimum absolute atomic E-state index is 0.116.